The van der Waals surface area contributed by atoms with Gasteiger partial charge in [-0.2, -0.15) is 4.98 Å². The van der Waals surface area contributed by atoms with E-state index in [4.69, 9.17) is 22.2 Å². The Hall–Kier alpha value is -3.76. The third-order valence-corrected chi connectivity index (χ3v) is 7.74. The summed E-state index contributed by atoms with van der Waals surface area (Å²) in [5.41, 5.74) is 5.08. The highest BCUT2D eigenvalue weighted by atomic mass is 32.2. The Kier molecular flexibility index (Phi) is 7.32. The molecule has 4 aromatic rings. The fourth-order valence-electron chi connectivity index (χ4n) is 4.74. The predicted octanol–water partition coefficient (Wildman–Crippen LogP) is 5.02. The van der Waals surface area contributed by atoms with Gasteiger partial charge >= 0.3 is 0 Å². The van der Waals surface area contributed by atoms with Crippen LogP contribution < -0.4 is 20.4 Å². The largest absolute Gasteiger partial charge is 0.372 e. The summed E-state index contributed by atoms with van der Waals surface area (Å²) in [5, 5.41) is 8.33. The van der Waals surface area contributed by atoms with Crippen molar-refractivity contribution in [3.05, 3.63) is 89.7 Å². The van der Waals surface area contributed by atoms with Crippen LogP contribution in [0.4, 0.5) is 17.5 Å². The number of hydrogen-bond acceptors (Lipinski definition) is 8. The Bertz CT molecular complexity index is 1380. The first-order valence-electron chi connectivity index (χ1n) is 12.7. The summed E-state index contributed by atoms with van der Waals surface area (Å²) in [7, 11) is 0. The average Bonchev–Trinajstić information content (AvgIpc) is 3.63. The van der Waals surface area contributed by atoms with Gasteiger partial charge < -0.3 is 20.4 Å². The minimum atomic E-state index is 0.443. The smallest absolute Gasteiger partial charge is 0.232 e. The molecule has 0 aliphatic carbocycles. The van der Waals surface area contributed by atoms with Gasteiger partial charge in [0.2, 0.25) is 5.95 Å². The lowest BCUT2D eigenvalue weighted by Crippen LogP contribution is -2.29. The van der Waals surface area contributed by atoms with Gasteiger partial charge in [-0.3, -0.25) is 0 Å². The lowest BCUT2D eigenvalue weighted by atomic mass is 10.1. The molecule has 192 valence electrons. The van der Waals surface area contributed by atoms with Crippen molar-refractivity contribution in [2.24, 2.45) is 0 Å². The number of nitrogens with zero attached hydrogens (tertiary/aromatic N) is 6. The number of hydrogen-bond donors (Lipinski definition) is 2. The van der Waals surface area contributed by atoms with Gasteiger partial charge in [-0.25, -0.2) is 15.0 Å². The molecule has 0 amide bonds. The fraction of sp³-hybridized carbons (Fsp3) is 0.250. The second kappa shape index (κ2) is 11.3. The van der Waals surface area contributed by atoms with Crippen molar-refractivity contribution in [2.75, 3.05) is 28.2 Å². The summed E-state index contributed by atoms with van der Waals surface area (Å²) in [5.74, 6) is 1.27. The first-order chi connectivity index (χ1) is 18.7. The highest BCUT2D eigenvalue weighted by molar-refractivity contribution is 7.99. The van der Waals surface area contributed by atoms with Gasteiger partial charge in [0.1, 0.15) is 10.8 Å². The van der Waals surface area contributed by atoms with Crippen LogP contribution in [0.1, 0.15) is 29.5 Å². The molecule has 6 rings (SSSR count). The molecular formula is C28H28N8S2. The topological polar surface area (TPSA) is 82.1 Å². The average molecular weight is 541 g/mol. The molecule has 8 nitrogen and oxygen atoms in total. The zero-order chi connectivity index (χ0) is 25.7. The molecule has 0 unspecified atom stereocenters. The highest BCUT2D eigenvalue weighted by Crippen LogP contribution is 2.31. The molecule has 1 fully saturated rings. The first kappa shape index (κ1) is 24.6. The molecule has 38 heavy (non-hydrogen) atoms. The minimum absolute atomic E-state index is 0.443. The quantitative estimate of drug-likeness (QED) is 0.189. The molecule has 10 heteroatoms. The van der Waals surface area contributed by atoms with Crippen LogP contribution in [0.3, 0.4) is 0 Å². The summed E-state index contributed by atoms with van der Waals surface area (Å²) in [6.45, 7) is 4.51. The number of fused-ring (bicyclic) bond motifs is 1. The Balaban J connectivity index is 1.15. The summed E-state index contributed by atoms with van der Waals surface area (Å²) in [6, 6.07) is 21.0. The predicted molar refractivity (Wildman–Crippen MR) is 155 cm³/mol. The van der Waals surface area contributed by atoms with E-state index in [-0.39, 0.29) is 0 Å². The molecule has 0 spiro atoms. The molecule has 0 radical (unpaired) electrons. The van der Waals surface area contributed by atoms with E-state index >= 15 is 0 Å². The van der Waals surface area contributed by atoms with Crippen LogP contribution in [0.15, 0.2) is 83.2 Å². The van der Waals surface area contributed by atoms with E-state index in [2.05, 4.69) is 78.9 Å². The third kappa shape index (κ3) is 5.87. The highest BCUT2D eigenvalue weighted by Gasteiger charge is 2.21. The summed E-state index contributed by atoms with van der Waals surface area (Å²) < 4.78 is 0. The molecule has 2 aliphatic rings. The normalized spacial score (nSPS) is 14.4. The number of thiocarbonyl (C=S) groups is 1. The summed E-state index contributed by atoms with van der Waals surface area (Å²) in [4.78, 5) is 22.9. The number of aromatic nitrogens is 4. The van der Waals surface area contributed by atoms with Crippen molar-refractivity contribution >= 4 is 46.5 Å². The summed E-state index contributed by atoms with van der Waals surface area (Å²) in [6.07, 6.45) is 6.00. The second-order valence-electron chi connectivity index (χ2n) is 9.31. The molecular weight excluding hydrogens is 512 g/mol. The maximum Gasteiger partial charge on any atom is 0.232 e. The van der Waals surface area contributed by atoms with Crippen LogP contribution in [0.5, 0.6) is 0 Å². The van der Waals surface area contributed by atoms with Crippen molar-refractivity contribution in [3.63, 3.8) is 0 Å². The van der Waals surface area contributed by atoms with Gasteiger partial charge in [-0.15, -0.1) is 0 Å². The Morgan fingerprint density at radius 3 is 2.29 bits per heavy atom. The van der Waals surface area contributed by atoms with Crippen LogP contribution in [0.2, 0.25) is 0 Å². The Morgan fingerprint density at radius 2 is 1.58 bits per heavy atom. The van der Waals surface area contributed by atoms with Crippen molar-refractivity contribution in [3.8, 4) is 0 Å². The van der Waals surface area contributed by atoms with E-state index in [1.807, 2.05) is 6.07 Å². The standard InChI is InChI=1S/C28H28N8S2/c37-27(31-17-20-8-10-23(11-9-20)35-14-3-4-15-35)34-26-32-24(36-18-21-6-1-2-7-22(21)19-36)16-25(33-26)38-28-29-12-5-13-30-28/h1-2,5-13,16H,3-4,14-15,17-19H2,(H2,31,32,33,34,37). The van der Waals surface area contributed by atoms with Crippen molar-refractivity contribution < 1.29 is 0 Å². The van der Waals surface area contributed by atoms with Crippen LogP contribution in [0, 0.1) is 0 Å². The monoisotopic (exact) mass is 540 g/mol. The number of benzene rings is 2. The van der Waals surface area contributed by atoms with E-state index in [9.17, 15) is 0 Å². The lowest BCUT2D eigenvalue weighted by Gasteiger charge is -2.19. The maximum atomic E-state index is 5.60. The van der Waals surface area contributed by atoms with Crippen LogP contribution in [-0.4, -0.2) is 38.1 Å². The number of nitrogens with one attached hydrogen (secondary N) is 2. The Morgan fingerprint density at radius 1 is 0.868 bits per heavy atom. The van der Waals surface area contributed by atoms with E-state index < -0.39 is 0 Å². The molecule has 0 atom stereocenters. The molecule has 2 aromatic carbocycles. The molecule has 2 N–H and O–H groups in total. The molecule has 0 saturated carbocycles. The minimum Gasteiger partial charge on any atom is -0.372 e. The van der Waals surface area contributed by atoms with Gasteiger partial charge in [-0.1, -0.05) is 36.4 Å². The second-order valence-corrected chi connectivity index (χ2v) is 10.7. The molecule has 2 aromatic heterocycles. The van der Waals surface area contributed by atoms with Gasteiger partial charge in [0.15, 0.2) is 10.3 Å². The molecule has 1 saturated heterocycles. The summed E-state index contributed by atoms with van der Waals surface area (Å²) >= 11 is 7.00. The first-order valence-corrected chi connectivity index (χ1v) is 14.0. The van der Waals surface area contributed by atoms with Gasteiger partial charge in [0.25, 0.3) is 0 Å². The SMILES string of the molecule is S=C(NCc1ccc(N2CCCC2)cc1)Nc1nc(Sc2ncccn2)cc(N2Cc3ccccc3C2)n1. The maximum absolute atomic E-state index is 5.60. The van der Waals surface area contributed by atoms with E-state index in [1.165, 1.54) is 47.0 Å². The van der Waals surface area contributed by atoms with Gasteiger partial charge in [0.05, 0.1) is 0 Å². The Labute approximate surface area is 231 Å². The molecule has 4 heterocycles. The van der Waals surface area contributed by atoms with E-state index in [0.717, 1.165) is 37.0 Å². The molecule has 2 aliphatic heterocycles. The van der Waals surface area contributed by atoms with E-state index in [1.54, 1.807) is 18.5 Å². The van der Waals surface area contributed by atoms with Crippen LogP contribution >= 0.6 is 24.0 Å². The van der Waals surface area contributed by atoms with Gasteiger partial charge in [-0.05, 0) is 71.7 Å². The van der Waals surface area contributed by atoms with Gasteiger partial charge in [0, 0.05) is 56.9 Å². The zero-order valence-corrected chi connectivity index (χ0v) is 22.5. The van der Waals surface area contributed by atoms with Crippen molar-refractivity contribution in [2.45, 2.75) is 42.7 Å². The zero-order valence-electron chi connectivity index (χ0n) is 20.9. The van der Waals surface area contributed by atoms with Crippen molar-refractivity contribution in [1.82, 2.24) is 25.3 Å². The van der Waals surface area contributed by atoms with Crippen molar-refractivity contribution in [1.29, 1.82) is 0 Å². The van der Waals surface area contributed by atoms with Crippen LogP contribution in [0.25, 0.3) is 0 Å². The number of rotatable bonds is 7. The lowest BCUT2D eigenvalue weighted by molar-refractivity contribution is 0.842. The van der Waals surface area contributed by atoms with Crippen LogP contribution in [-0.2, 0) is 19.6 Å². The number of anilines is 3. The molecule has 0 bridgehead atoms. The van der Waals surface area contributed by atoms with E-state index in [0.29, 0.717) is 22.8 Å². The fourth-order valence-corrected chi connectivity index (χ4v) is 5.61. The third-order valence-electron chi connectivity index (χ3n) is 6.68.